The maximum Gasteiger partial charge on any atom is 0.132 e. The van der Waals surface area contributed by atoms with E-state index in [0.717, 1.165) is 16.9 Å². The summed E-state index contributed by atoms with van der Waals surface area (Å²) in [6.07, 6.45) is 1.46. The fourth-order valence-corrected chi connectivity index (χ4v) is 1.44. The predicted octanol–water partition coefficient (Wildman–Crippen LogP) is 3.13. The van der Waals surface area contributed by atoms with Gasteiger partial charge in [0.15, 0.2) is 0 Å². The molecule has 0 atom stereocenters. The predicted molar refractivity (Wildman–Crippen MR) is 51.5 cm³/mol. The van der Waals surface area contributed by atoms with Crippen LogP contribution in [-0.4, -0.2) is 0 Å². The van der Waals surface area contributed by atoms with Gasteiger partial charge < -0.3 is 4.74 Å². The molecule has 0 fully saturated rings. The second-order valence-corrected chi connectivity index (χ2v) is 3.01. The highest BCUT2D eigenvalue weighted by molar-refractivity contribution is 5.43. The van der Waals surface area contributed by atoms with Crippen LogP contribution in [-0.2, 0) is 0 Å². The Labute approximate surface area is 73.7 Å². The van der Waals surface area contributed by atoms with Crippen LogP contribution in [0.4, 0.5) is 0 Å². The molecule has 0 aliphatic rings. The molecule has 0 heterocycles. The standard InChI is InChI=1S/C11H14O/c1-5-12-11-9(3)6-8(2)7-10(11)4/h5-7H,1H2,2-4H3. The van der Waals surface area contributed by atoms with Gasteiger partial charge in [-0.1, -0.05) is 24.3 Å². The summed E-state index contributed by atoms with van der Waals surface area (Å²) >= 11 is 0. The van der Waals surface area contributed by atoms with E-state index in [1.165, 1.54) is 11.8 Å². The van der Waals surface area contributed by atoms with Gasteiger partial charge in [0.25, 0.3) is 0 Å². The Balaban J connectivity index is 3.18. The Morgan fingerprint density at radius 3 is 2.08 bits per heavy atom. The molecule has 1 aromatic rings. The van der Waals surface area contributed by atoms with Gasteiger partial charge >= 0.3 is 0 Å². The molecule has 0 N–H and O–H groups in total. The first-order valence-corrected chi connectivity index (χ1v) is 4.00. The van der Waals surface area contributed by atoms with Crippen molar-refractivity contribution >= 4 is 0 Å². The number of benzene rings is 1. The zero-order valence-electron chi connectivity index (χ0n) is 7.85. The lowest BCUT2D eigenvalue weighted by molar-refractivity contribution is 0.475. The molecule has 0 radical (unpaired) electrons. The topological polar surface area (TPSA) is 9.23 Å². The second kappa shape index (κ2) is 3.44. The van der Waals surface area contributed by atoms with Gasteiger partial charge in [0, 0.05) is 0 Å². The summed E-state index contributed by atoms with van der Waals surface area (Å²) in [6.45, 7) is 9.70. The Morgan fingerprint density at radius 2 is 1.67 bits per heavy atom. The van der Waals surface area contributed by atoms with E-state index in [1.807, 2.05) is 13.8 Å². The highest BCUT2D eigenvalue weighted by atomic mass is 16.5. The lowest BCUT2D eigenvalue weighted by Crippen LogP contribution is -1.90. The molecule has 1 rings (SSSR count). The first kappa shape index (κ1) is 8.85. The summed E-state index contributed by atoms with van der Waals surface area (Å²) in [7, 11) is 0. The summed E-state index contributed by atoms with van der Waals surface area (Å²) in [5.74, 6) is 0.926. The molecule has 0 bridgehead atoms. The number of ether oxygens (including phenoxy) is 1. The summed E-state index contributed by atoms with van der Waals surface area (Å²) in [6, 6.07) is 4.21. The third kappa shape index (κ3) is 1.67. The molecule has 0 unspecified atom stereocenters. The largest absolute Gasteiger partial charge is 0.465 e. The molecule has 12 heavy (non-hydrogen) atoms. The van der Waals surface area contributed by atoms with E-state index in [1.54, 1.807) is 0 Å². The second-order valence-electron chi connectivity index (χ2n) is 3.01. The minimum Gasteiger partial charge on any atom is -0.465 e. The number of aryl methyl sites for hydroxylation is 3. The zero-order chi connectivity index (χ0) is 9.14. The van der Waals surface area contributed by atoms with E-state index in [-0.39, 0.29) is 0 Å². The van der Waals surface area contributed by atoms with Crippen molar-refractivity contribution in [3.63, 3.8) is 0 Å². The third-order valence-electron chi connectivity index (χ3n) is 1.81. The van der Waals surface area contributed by atoms with Crippen LogP contribution in [0.1, 0.15) is 16.7 Å². The molecular formula is C11H14O. The van der Waals surface area contributed by atoms with E-state index < -0.39 is 0 Å². The van der Waals surface area contributed by atoms with Crippen LogP contribution in [0.3, 0.4) is 0 Å². The SMILES string of the molecule is C=COc1c(C)cc(C)cc1C. The normalized spacial score (nSPS) is 9.58. The number of hydrogen-bond donors (Lipinski definition) is 0. The minimum absolute atomic E-state index is 0.926. The van der Waals surface area contributed by atoms with Crippen LogP contribution >= 0.6 is 0 Å². The van der Waals surface area contributed by atoms with Crippen molar-refractivity contribution in [1.82, 2.24) is 0 Å². The lowest BCUT2D eigenvalue weighted by atomic mass is 10.1. The minimum atomic E-state index is 0.926. The van der Waals surface area contributed by atoms with Gasteiger partial charge in [-0.2, -0.15) is 0 Å². The molecule has 0 saturated carbocycles. The molecule has 0 aromatic heterocycles. The Hall–Kier alpha value is -1.24. The molecule has 0 amide bonds. The maximum atomic E-state index is 5.29. The average molecular weight is 162 g/mol. The van der Waals surface area contributed by atoms with Crippen molar-refractivity contribution in [3.8, 4) is 5.75 Å². The molecule has 0 aliphatic heterocycles. The first-order valence-electron chi connectivity index (χ1n) is 4.00. The van der Waals surface area contributed by atoms with Crippen LogP contribution in [0.5, 0.6) is 5.75 Å². The van der Waals surface area contributed by atoms with Crippen molar-refractivity contribution in [2.75, 3.05) is 0 Å². The lowest BCUT2D eigenvalue weighted by Gasteiger charge is -2.08. The van der Waals surface area contributed by atoms with E-state index in [9.17, 15) is 0 Å². The Kier molecular flexibility index (Phi) is 2.54. The fourth-order valence-electron chi connectivity index (χ4n) is 1.44. The molecule has 1 heteroatoms. The summed E-state index contributed by atoms with van der Waals surface area (Å²) < 4.78 is 5.29. The van der Waals surface area contributed by atoms with Crippen LogP contribution in [0.2, 0.25) is 0 Å². The Morgan fingerprint density at radius 1 is 1.17 bits per heavy atom. The maximum absolute atomic E-state index is 5.29. The van der Waals surface area contributed by atoms with E-state index in [0.29, 0.717) is 0 Å². The van der Waals surface area contributed by atoms with Gasteiger partial charge in [-0.3, -0.25) is 0 Å². The van der Waals surface area contributed by atoms with Crippen molar-refractivity contribution < 1.29 is 4.74 Å². The van der Waals surface area contributed by atoms with Gasteiger partial charge in [0.05, 0.1) is 6.26 Å². The Bertz CT molecular complexity index is 277. The van der Waals surface area contributed by atoms with E-state index >= 15 is 0 Å². The average Bonchev–Trinajstić information content (AvgIpc) is 1.96. The van der Waals surface area contributed by atoms with Gasteiger partial charge in [0.2, 0.25) is 0 Å². The molecule has 1 nitrogen and oxygen atoms in total. The van der Waals surface area contributed by atoms with Crippen molar-refractivity contribution in [2.45, 2.75) is 20.8 Å². The van der Waals surface area contributed by atoms with Gasteiger partial charge in [-0.15, -0.1) is 0 Å². The highest BCUT2D eigenvalue weighted by Crippen LogP contribution is 2.24. The van der Waals surface area contributed by atoms with Gasteiger partial charge in [-0.05, 0) is 31.9 Å². The molecular weight excluding hydrogens is 148 g/mol. The molecule has 0 spiro atoms. The highest BCUT2D eigenvalue weighted by Gasteiger charge is 2.02. The number of hydrogen-bond acceptors (Lipinski definition) is 1. The van der Waals surface area contributed by atoms with Crippen molar-refractivity contribution in [3.05, 3.63) is 41.7 Å². The number of rotatable bonds is 2. The van der Waals surface area contributed by atoms with Crippen molar-refractivity contribution in [1.29, 1.82) is 0 Å². The molecule has 64 valence electrons. The summed E-state index contributed by atoms with van der Waals surface area (Å²) in [5.41, 5.74) is 3.58. The quantitative estimate of drug-likeness (QED) is 0.607. The monoisotopic (exact) mass is 162 g/mol. The van der Waals surface area contributed by atoms with E-state index in [4.69, 9.17) is 4.74 Å². The molecule has 1 aromatic carbocycles. The smallest absolute Gasteiger partial charge is 0.132 e. The third-order valence-corrected chi connectivity index (χ3v) is 1.81. The summed E-state index contributed by atoms with van der Waals surface area (Å²) in [5, 5.41) is 0. The van der Waals surface area contributed by atoms with Crippen molar-refractivity contribution in [2.24, 2.45) is 0 Å². The van der Waals surface area contributed by atoms with Crippen LogP contribution in [0.25, 0.3) is 0 Å². The molecule has 0 saturated heterocycles. The van der Waals surface area contributed by atoms with Crippen LogP contribution < -0.4 is 4.74 Å². The van der Waals surface area contributed by atoms with E-state index in [2.05, 4.69) is 25.6 Å². The fraction of sp³-hybridized carbons (Fsp3) is 0.273. The van der Waals surface area contributed by atoms with Crippen LogP contribution in [0, 0.1) is 20.8 Å². The first-order chi connectivity index (χ1) is 5.65. The van der Waals surface area contributed by atoms with Gasteiger partial charge in [0.1, 0.15) is 5.75 Å². The van der Waals surface area contributed by atoms with Crippen LogP contribution in [0.15, 0.2) is 25.0 Å². The summed E-state index contributed by atoms with van der Waals surface area (Å²) in [4.78, 5) is 0. The van der Waals surface area contributed by atoms with Gasteiger partial charge in [-0.25, -0.2) is 0 Å². The zero-order valence-corrected chi connectivity index (χ0v) is 7.85. The molecule has 0 aliphatic carbocycles.